The summed E-state index contributed by atoms with van der Waals surface area (Å²) in [5, 5.41) is 17.5. The van der Waals surface area contributed by atoms with E-state index >= 15 is 0 Å². The summed E-state index contributed by atoms with van der Waals surface area (Å²) in [4.78, 5) is 37.5. The molecule has 4 spiro atoms. The number of nitrogens with one attached hydrogen (secondary N) is 2. The number of aliphatic hydroxyl groups excluding tert-OH is 1. The Morgan fingerprint density at radius 3 is 1.08 bits per heavy atom. The fourth-order valence-corrected chi connectivity index (χ4v) is 15.6. The van der Waals surface area contributed by atoms with E-state index in [2.05, 4.69) is 98.5 Å². The number of likely N-dealkylation sites (tertiary alicyclic amines) is 3. The van der Waals surface area contributed by atoms with Crippen LogP contribution in [0, 0.1) is 0 Å². The lowest BCUT2D eigenvalue weighted by Crippen LogP contribution is -2.65. The molecule has 0 aliphatic carbocycles. The van der Waals surface area contributed by atoms with E-state index in [0.717, 1.165) is 154 Å². The van der Waals surface area contributed by atoms with Crippen molar-refractivity contribution in [3.05, 3.63) is 181 Å². The topological polar surface area (TPSA) is 135 Å². The largest absolute Gasteiger partial charge is 0.492 e. The van der Waals surface area contributed by atoms with Crippen LogP contribution in [0.4, 0.5) is 53.0 Å². The molecular formula is C81H105Br2Cl5F6N8O7. The van der Waals surface area contributed by atoms with Crippen LogP contribution in [0.3, 0.4) is 0 Å². The number of carbonyl (C=O) groups is 2. The van der Waals surface area contributed by atoms with E-state index in [0.29, 0.717) is 23.0 Å². The molecule has 8 heterocycles. The molecule has 0 aromatic heterocycles. The maximum Gasteiger partial charge on any atom is 0.419 e. The highest BCUT2D eigenvalue weighted by atomic mass is 79.9. The van der Waals surface area contributed by atoms with E-state index in [1.54, 1.807) is 6.07 Å². The number of piperidine rings is 4. The standard InChI is InChI=1S/C22H24ClF3N2O.C18H25ClN2O2.C13H17ClN2.C12H22N2O2.C9H8BrF3O.C6H4BrCl.CH4O.ClH/c23-17-5-7-18(8-6-17)28-14-11-21(28)9-12-27(13-10-21)15-16-29-20-4-2-1-3-19(20)22(24,25)26;1-17(2,3)23-16(22)20-11-8-18(9-12-20)10-13-21(18)15-6-4-14(19)5-7-15;14-11-1-3-12(4-2-11)16-10-7-13(16)5-8-15-9-6-13;1-11(2,3)16-10(15)14-8-5-12(6-9-14)4-7-13-12;10-5-6-14-8-4-2-1-3-7(8)9(11,12)13;7-5-1-3-6(8)4-2-5;1-2;/h1-8H,9-16H2;4-7H,8-13H2,1-3H3;1-4,15H,5-10H2;13H,4-9H2,1-3H3;1-4H,5-6H2;1-4H;2H,1H3;1H. The minimum Gasteiger partial charge on any atom is -0.492 e. The number of hydrogen-bond acceptors (Lipinski definition) is 13. The first-order valence-corrected chi connectivity index (χ1v) is 40.4. The van der Waals surface area contributed by atoms with Gasteiger partial charge in [-0.2, -0.15) is 26.3 Å². The predicted octanol–water partition coefficient (Wildman–Crippen LogP) is 20.8. The van der Waals surface area contributed by atoms with Gasteiger partial charge >= 0.3 is 24.5 Å². The SMILES string of the molecule is CC(C)(C)OC(=O)N1CCC2(CC1)CCN2c1ccc(Cl)cc1.CC(C)(C)OC(=O)N1CCC2(CCN2)CC1.CO.Cl.Clc1ccc(Br)cc1.Clc1ccc(N2CCC23CCNCC3)cc1.FC(F)(F)c1ccccc1OCCBr.FC(F)(F)c1ccccc1OCCN1CCC2(CC1)CCN2c1ccc(Cl)cc1. The second-order valence-corrected chi connectivity index (χ2v) is 33.6. The highest BCUT2D eigenvalue weighted by Gasteiger charge is 2.50. The summed E-state index contributed by atoms with van der Waals surface area (Å²) >= 11 is 29.9. The van der Waals surface area contributed by atoms with Crippen LogP contribution >= 0.6 is 90.7 Å². The fourth-order valence-electron chi connectivity index (χ4n) is 14.6. The van der Waals surface area contributed by atoms with E-state index in [1.165, 1.54) is 92.5 Å². The number of anilines is 3. The normalized spacial score (nSPS) is 18.6. The van der Waals surface area contributed by atoms with Gasteiger partial charge in [-0.25, -0.2) is 9.59 Å². The van der Waals surface area contributed by atoms with E-state index in [-0.39, 0.29) is 66.0 Å². The van der Waals surface area contributed by atoms with Crippen LogP contribution in [0.25, 0.3) is 0 Å². The molecule has 109 heavy (non-hydrogen) atoms. The van der Waals surface area contributed by atoms with Crippen molar-refractivity contribution in [2.45, 2.75) is 164 Å². The molecule has 0 saturated carbocycles. The van der Waals surface area contributed by atoms with Gasteiger partial charge in [0.1, 0.15) is 29.3 Å². The lowest BCUT2D eigenvalue weighted by Gasteiger charge is -2.58. The Labute approximate surface area is 682 Å². The maximum absolute atomic E-state index is 13.1. The molecule has 0 atom stereocenters. The summed E-state index contributed by atoms with van der Waals surface area (Å²) in [5.41, 5.74) is 2.69. The van der Waals surface area contributed by atoms with Crippen LogP contribution < -0.4 is 34.8 Å². The number of carbonyl (C=O) groups excluding carboxylic acids is 2. The van der Waals surface area contributed by atoms with Gasteiger partial charge in [-0.3, -0.25) is 4.90 Å². The average Bonchev–Trinajstić information content (AvgIpc) is 0.756. The first kappa shape index (κ1) is 90.9. The third kappa shape index (κ3) is 26.4. The Balaban J connectivity index is 0.000000187. The van der Waals surface area contributed by atoms with Crippen LogP contribution in [0.5, 0.6) is 11.5 Å². The molecule has 8 aliphatic heterocycles. The van der Waals surface area contributed by atoms with Gasteiger partial charge < -0.3 is 59.2 Å². The van der Waals surface area contributed by atoms with Crippen LogP contribution in [-0.4, -0.2) is 176 Å². The molecule has 8 saturated heterocycles. The number of para-hydroxylation sites is 2. The molecule has 0 radical (unpaired) electrons. The van der Waals surface area contributed by atoms with Crippen LogP contribution in [0.15, 0.2) is 150 Å². The third-order valence-electron chi connectivity index (χ3n) is 20.9. The van der Waals surface area contributed by atoms with Gasteiger partial charge in [-0.15, -0.1) is 12.4 Å². The van der Waals surface area contributed by atoms with Crippen molar-refractivity contribution in [1.29, 1.82) is 0 Å². The number of nitrogens with zero attached hydrogens (tertiary/aromatic N) is 6. The van der Waals surface area contributed by atoms with Crippen molar-refractivity contribution >= 4 is 120 Å². The summed E-state index contributed by atoms with van der Waals surface area (Å²) in [7, 11) is 1.00. The van der Waals surface area contributed by atoms with Crippen molar-refractivity contribution in [1.82, 2.24) is 25.3 Å². The molecule has 8 aliphatic rings. The predicted molar refractivity (Wildman–Crippen MR) is 438 cm³/mol. The number of ether oxygens (including phenoxy) is 4. The molecule has 14 rings (SSSR count). The highest BCUT2D eigenvalue weighted by Crippen LogP contribution is 2.47. The van der Waals surface area contributed by atoms with Crippen LogP contribution in [0.2, 0.25) is 20.1 Å². The van der Waals surface area contributed by atoms with Gasteiger partial charge in [0.15, 0.2) is 0 Å². The molecule has 602 valence electrons. The molecule has 8 fully saturated rings. The third-order valence-corrected chi connectivity index (χ3v) is 22.7. The molecule has 3 N–H and O–H groups in total. The smallest absolute Gasteiger partial charge is 0.419 e. The highest BCUT2D eigenvalue weighted by molar-refractivity contribution is 9.10. The van der Waals surface area contributed by atoms with Crippen molar-refractivity contribution < 1.29 is 60.0 Å². The molecule has 15 nitrogen and oxygen atoms in total. The molecule has 6 aromatic rings. The van der Waals surface area contributed by atoms with Crippen molar-refractivity contribution in [3.8, 4) is 11.5 Å². The zero-order valence-electron chi connectivity index (χ0n) is 63.2. The Hall–Kier alpha value is -5.31. The summed E-state index contributed by atoms with van der Waals surface area (Å²) < 4.78 is 98.6. The molecule has 0 unspecified atom stereocenters. The first-order chi connectivity index (χ1) is 51.2. The van der Waals surface area contributed by atoms with Crippen LogP contribution in [-0.2, 0) is 21.8 Å². The van der Waals surface area contributed by atoms with Gasteiger partial charge in [0.25, 0.3) is 0 Å². The molecule has 0 bridgehead atoms. The summed E-state index contributed by atoms with van der Waals surface area (Å²) in [5.74, 6) is -0.221. The minimum atomic E-state index is -4.40. The van der Waals surface area contributed by atoms with Gasteiger partial charge in [0.2, 0.25) is 0 Å². The maximum atomic E-state index is 13.1. The second-order valence-electron chi connectivity index (χ2n) is 30.1. The zero-order valence-corrected chi connectivity index (χ0v) is 70.2. The number of amides is 2. The van der Waals surface area contributed by atoms with Crippen molar-refractivity contribution in [2.75, 3.05) is 125 Å². The fraction of sp³-hybridized carbons (Fsp3) is 0.531. The Bertz CT molecular complexity index is 3720. The van der Waals surface area contributed by atoms with Gasteiger partial charge in [-0.05, 0) is 260 Å². The molecule has 6 aromatic carbocycles. The summed E-state index contributed by atoms with van der Waals surface area (Å²) in [6, 6.07) is 42.4. The molecule has 2 amide bonds. The number of hydrogen-bond donors (Lipinski definition) is 3. The monoisotopic (exact) mass is 1750 g/mol. The van der Waals surface area contributed by atoms with E-state index < -0.39 is 29.1 Å². The number of aliphatic hydroxyl groups is 1. The summed E-state index contributed by atoms with van der Waals surface area (Å²) in [6.45, 7) is 24.3. The lowest BCUT2D eigenvalue weighted by molar-refractivity contribution is -0.139. The Kier molecular flexibility index (Phi) is 34.3. The van der Waals surface area contributed by atoms with Gasteiger partial charge in [0.05, 0.1) is 17.7 Å². The minimum absolute atomic E-state index is 0. The molecular weight excluding hydrogens is 1650 g/mol. The van der Waals surface area contributed by atoms with Gasteiger partial charge in [0, 0.05) is 142 Å². The molecule has 28 heteroatoms. The van der Waals surface area contributed by atoms with Crippen molar-refractivity contribution in [2.24, 2.45) is 0 Å². The first-order valence-electron chi connectivity index (χ1n) is 36.9. The zero-order chi connectivity index (χ0) is 78.6. The Morgan fingerprint density at radius 2 is 0.771 bits per heavy atom. The number of halogens is 13. The second kappa shape index (κ2) is 41.1. The number of rotatable bonds is 10. The van der Waals surface area contributed by atoms with E-state index in [4.69, 9.17) is 70.5 Å². The average molecular weight is 1750 g/mol. The quantitative estimate of drug-likeness (QED) is 0.0888. The summed E-state index contributed by atoms with van der Waals surface area (Å²) in [6.07, 6.45) is 4.62. The van der Waals surface area contributed by atoms with Crippen molar-refractivity contribution in [3.63, 3.8) is 0 Å². The Morgan fingerprint density at radius 1 is 0.450 bits per heavy atom. The van der Waals surface area contributed by atoms with E-state index in [1.807, 2.05) is 112 Å². The number of benzene rings is 6. The van der Waals surface area contributed by atoms with Gasteiger partial charge in [-0.1, -0.05) is 103 Å². The van der Waals surface area contributed by atoms with E-state index in [9.17, 15) is 35.9 Å². The lowest BCUT2D eigenvalue weighted by atomic mass is 9.76. The number of alkyl halides is 7. The van der Waals surface area contributed by atoms with Crippen LogP contribution in [0.1, 0.15) is 130 Å².